The number of aromatic nitrogens is 1. The summed E-state index contributed by atoms with van der Waals surface area (Å²) in [5.74, 6) is -0.448. The van der Waals surface area contributed by atoms with Gasteiger partial charge in [-0.2, -0.15) is 0 Å². The maximum Gasteiger partial charge on any atom is 0.335 e. The van der Waals surface area contributed by atoms with Crippen LogP contribution in [0.2, 0.25) is 0 Å². The van der Waals surface area contributed by atoms with Crippen molar-refractivity contribution in [2.24, 2.45) is 0 Å². The maximum atomic E-state index is 11.1. The van der Waals surface area contributed by atoms with Gasteiger partial charge in [-0.05, 0) is 18.1 Å². The van der Waals surface area contributed by atoms with E-state index in [1.54, 1.807) is 13.1 Å². The van der Waals surface area contributed by atoms with E-state index in [2.05, 4.69) is 15.6 Å². The van der Waals surface area contributed by atoms with Crippen LogP contribution in [-0.2, 0) is 4.79 Å². The highest BCUT2D eigenvalue weighted by Crippen LogP contribution is 2.17. The minimum Gasteiger partial charge on any atom is -0.478 e. The minimum absolute atomic E-state index is 0.0778. The molecule has 0 saturated carbocycles. The number of hydrogen-bond donors (Lipinski definition) is 3. The normalized spacial score (nSPS) is 10.3. The monoisotopic (exact) mass is 265 g/mol. The Balaban J connectivity index is 2.82. The molecule has 1 heterocycles. The Labute approximate surface area is 112 Å². The number of aromatic carboxylic acids is 1. The molecule has 3 N–H and O–H groups in total. The lowest BCUT2D eigenvalue weighted by atomic mass is 10.1. The van der Waals surface area contributed by atoms with Crippen LogP contribution in [0.15, 0.2) is 12.1 Å². The number of nitrogens with one attached hydrogen (secondary N) is 2. The molecule has 0 unspecified atom stereocenters. The Bertz CT molecular complexity index is 472. The number of rotatable bonds is 6. The van der Waals surface area contributed by atoms with Crippen LogP contribution in [0.3, 0.4) is 0 Å². The average molecular weight is 265 g/mol. The van der Waals surface area contributed by atoms with Gasteiger partial charge in [0.1, 0.15) is 5.82 Å². The largest absolute Gasteiger partial charge is 0.478 e. The van der Waals surface area contributed by atoms with E-state index in [0.29, 0.717) is 24.5 Å². The molecule has 0 radical (unpaired) electrons. The molecule has 0 bridgehead atoms. The van der Waals surface area contributed by atoms with Gasteiger partial charge < -0.3 is 15.7 Å². The number of amides is 1. The van der Waals surface area contributed by atoms with E-state index in [1.165, 1.54) is 6.07 Å². The number of hydrogen-bond acceptors (Lipinski definition) is 4. The van der Waals surface area contributed by atoms with Crippen molar-refractivity contribution < 1.29 is 14.7 Å². The van der Waals surface area contributed by atoms with Gasteiger partial charge in [0.2, 0.25) is 5.91 Å². The first kappa shape index (κ1) is 14.9. The molecule has 6 heteroatoms. The van der Waals surface area contributed by atoms with Gasteiger partial charge in [0, 0.05) is 25.7 Å². The summed E-state index contributed by atoms with van der Waals surface area (Å²) in [6.45, 7) is 4.30. The SMILES string of the molecule is CNC(=O)CCNc1cc(C(=O)O)cc(C(C)C)n1. The summed E-state index contributed by atoms with van der Waals surface area (Å²) >= 11 is 0. The molecule has 0 atom stereocenters. The molecule has 104 valence electrons. The van der Waals surface area contributed by atoms with Crippen LogP contribution in [0.4, 0.5) is 5.82 Å². The molecule has 0 aromatic carbocycles. The van der Waals surface area contributed by atoms with Gasteiger partial charge in [0.25, 0.3) is 0 Å². The Hall–Kier alpha value is -2.11. The van der Waals surface area contributed by atoms with Crippen molar-refractivity contribution >= 4 is 17.7 Å². The third kappa shape index (κ3) is 4.57. The third-order valence-corrected chi connectivity index (χ3v) is 2.62. The predicted octanol–water partition coefficient (Wildman–Crippen LogP) is 1.45. The Morgan fingerprint density at radius 3 is 2.58 bits per heavy atom. The van der Waals surface area contributed by atoms with Crippen LogP contribution >= 0.6 is 0 Å². The summed E-state index contributed by atoms with van der Waals surface area (Å²) in [5, 5.41) is 14.5. The highest BCUT2D eigenvalue weighted by molar-refractivity contribution is 5.88. The maximum absolute atomic E-state index is 11.1. The summed E-state index contributed by atoms with van der Waals surface area (Å²) in [6.07, 6.45) is 0.312. The van der Waals surface area contributed by atoms with Crippen LogP contribution in [0.1, 0.15) is 42.2 Å². The van der Waals surface area contributed by atoms with E-state index in [-0.39, 0.29) is 17.4 Å². The molecule has 1 amide bonds. The highest BCUT2D eigenvalue weighted by Gasteiger charge is 2.10. The Morgan fingerprint density at radius 2 is 2.05 bits per heavy atom. The number of carbonyl (C=O) groups excluding carboxylic acids is 1. The quantitative estimate of drug-likeness (QED) is 0.724. The third-order valence-electron chi connectivity index (χ3n) is 2.62. The fraction of sp³-hybridized carbons (Fsp3) is 0.462. The zero-order chi connectivity index (χ0) is 14.4. The standard InChI is InChI=1S/C13H19N3O3/c1-8(2)10-6-9(13(18)19)7-11(16-10)15-5-4-12(17)14-3/h6-8H,4-5H2,1-3H3,(H,14,17)(H,15,16)(H,18,19). The van der Waals surface area contributed by atoms with Crippen LogP contribution in [0, 0.1) is 0 Å². The van der Waals surface area contributed by atoms with Gasteiger partial charge in [-0.1, -0.05) is 13.8 Å². The van der Waals surface area contributed by atoms with Crippen LogP contribution in [0.25, 0.3) is 0 Å². The first-order valence-corrected chi connectivity index (χ1v) is 6.13. The molecule has 0 aliphatic heterocycles. The number of carboxylic acid groups (broad SMARTS) is 1. The van der Waals surface area contributed by atoms with Crippen LogP contribution in [0.5, 0.6) is 0 Å². The molecule has 0 spiro atoms. The highest BCUT2D eigenvalue weighted by atomic mass is 16.4. The van der Waals surface area contributed by atoms with Crippen LogP contribution in [-0.4, -0.2) is 35.6 Å². The molecule has 1 rings (SSSR count). The van der Waals surface area contributed by atoms with Crippen molar-refractivity contribution in [3.05, 3.63) is 23.4 Å². The lowest BCUT2D eigenvalue weighted by Crippen LogP contribution is -2.21. The average Bonchev–Trinajstić information content (AvgIpc) is 2.38. The van der Waals surface area contributed by atoms with E-state index in [0.717, 1.165) is 0 Å². The summed E-state index contributed by atoms with van der Waals surface area (Å²) in [7, 11) is 1.57. The smallest absolute Gasteiger partial charge is 0.335 e. The molecule has 0 saturated heterocycles. The van der Waals surface area contributed by atoms with E-state index in [1.807, 2.05) is 13.8 Å². The van der Waals surface area contributed by atoms with E-state index in [9.17, 15) is 9.59 Å². The molecular formula is C13H19N3O3. The summed E-state index contributed by atoms with van der Waals surface area (Å²) < 4.78 is 0. The van der Waals surface area contributed by atoms with Gasteiger partial charge >= 0.3 is 5.97 Å². The number of pyridine rings is 1. The minimum atomic E-state index is -0.987. The van der Waals surface area contributed by atoms with Gasteiger partial charge in [-0.3, -0.25) is 4.79 Å². The zero-order valence-corrected chi connectivity index (χ0v) is 11.4. The zero-order valence-electron chi connectivity index (χ0n) is 11.4. The topological polar surface area (TPSA) is 91.3 Å². The Morgan fingerprint density at radius 1 is 1.37 bits per heavy atom. The molecule has 19 heavy (non-hydrogen) atoms. The van der Waals surface area contributed by atoms with Gasteiger partial charge in [-0.25, -0.2) is 9.78 Å². The molecular weight excluding hydrogens is 246 g/mol. The van der Waals surface area contributed by atoms with Crippen molar-refractivity contribution in [1.29, 1.82) is 0 Å². The molecule has 1 aromatic rings. The van der Waals surface area contributed by atoms with Crippen molar-refractivity contribution in [3.8, 4) is 0 Å². The second kappa shape index (κ2) is 6.72. The fourth-order valence-electron chi connectivity index (χ4n) is 1.49. The molecule has 0 aliphatic carbocycles. The Kier molecular flexibility index (Phi) is 5.29. The number of anilines is 1. The summed E-state index contributed by atoms with van der Waals surface area (Å²) in [6, 6.07) is 3.04. The number of carboxylic acids is 1. The van der Waals surface area contributed by atoms with Gasteiger partial charge in [0.15, 0.2) is 0 Å². The summed E-state index contributed by atoms with van der Waals surface area (Å²) in [4.78, 5) is 26.5. The van der Waals surface area contributed by atoms with Crippen molar-refractivity contribution in [1.82, 2.24) is 10.3 Å². The lowest BCUT2D eigenvalue weighted by molar-refractivity contribution is -0.120. The second-order valence-electron chi connectivity index (χ2n) is 4.48. The number of carbonyl (C=O) groups is 2. The van der Waals surface area contributed by atoms with Crippen molar-refractivity contribution in [2.75, 3.05) is 18.9 Å². The van der Waals surface area contributed by atoms with E-state index >= 15 is 0 Å². The van der Waals surface area contributed by atoms with Gasteiger partial charge in [0.05, 0.1) is 5.56 Å². The van der Waals surface area contributed by atoms with E-state index < -0.39 is 5.97 Å². The van der Waals surface area contributed by atoms with Crippen molar-refractivity contribution in [3.63, 3.8) is 0 Å². The van der Waals surface area contributed by atoms with Crippen molar-refractivity contribution in [2.45, 2.75) is 26.2 Å². The molecule has 0 aliphatic rings. The lowest BCUT2D eigenvalue weighted by Gasteiger charge is -2.11. The first-order valence-electron chi connectivity index (χ1n) is 6.13. The first-order chi connectivity index (χ1) is 8.93. The molecule has 6 nitrogen and oxygen atoms in total. The van der Waals surface area contributed by atoms with Gasteiger partial charge in [-0.15, -0.1) is 0 Å². The van der Waals surface area contributed by atoms with Crippen LogP contribution < -0.4 is 10.6 Å². The molecule has 0 fully saturated rings. The fourth-order valence-corrected chi connectivity index (χ4v) is 1.49. The molecule has 1 aromatic heterocycles. The predicted molar refractivity (Wildman–Crippen MR) is 72.5 cm³/mol. The summed E-state index contributed by atoms with van der Waals surface area (Å²) in [5.41, 5.74) is 0.906. The van der Waals surface area contributed by atoms with E-state index in [4.69, 9.17) is 5.11 Å². The number of nitrogens with zero attached hydrogens (tertiary/aromatic N) is 1. The second-order valence-corrected chi connectivity index (χ2v) is 4.48.